The first-order chi connectivity index (χ1) is 4.30. The third-order valence-corrected chi connectivity index (χ3v) is 0.852. The van der Waals surface area contributed by atoms with Crippen LogP contribution in [0.5, 0.6) is 0 Å². The van der Waals surface area contributed by atoms with Gasteiger partial charge < -0.3 is 5.11 Å². The van der Waals surface area contributed by atoms with Gasteiger partial charge in [-0.2, -0.15) is 0 Å². The van der Waals surface area contributed by atoms with Crippen molar-refractivity contribution in [1.82, 2.24) is 4.98 Å². The summed E-state index contributed by atoms with van der Waals surface area (Å²) in [4.78, 5) is 13.8. The Hall–Kier alpha value is -1.38. The van der Waals surface area contributed by atoms with Gasteiger partial charge in [0.25, 0.3) is 0 Å². The summed E-state index contributed by atoms with van der Waals surface area (Å²) in [5.74, 6) is -0.975. The lowest BCUT2D eigenvalue weighted by atomic mass is 10.3. The zero-order valence-electron chi connectivity index (χ0n) is 4.53. The highest BCUT2D eigenvalue weighted by atomic mass is 16.4. The molecule has 1 heterocycles. The number of nitrogens with zero attached hydrogens (tertiary/aromatic N) is 1. The highest BCUT2D eigenvalue weighted by molar-refractivity contribution is 5.86. The molecule has 0 aliphatic carbocycles. The van der Waals surface area contributed by atoms with E-state index in [0.29, 0.717) is 0 Å². The fourth-order valence-electron chi connectivity index (χ4n) is 0.449. The normalized spacial score (nSPS) is 8.89. The van der Waals surface area contributed by atoms with E-state index in [1.807, 2.05) is 0 Å². The highest BCUT2D eigenvalue weighted by Crippen LogP contribution is 1.92. The zero-order chi connectivity index (χ0) is 6.69. The molecule has 3 nitrogen and oxygen atoms in total. The van der Waals surface area contributed by atoms with Gasteiger partial charge in [-0.3, -0.25) is 4.98 Å². The fraction of sp³-hybridized carbons (Fsp3) is 0. The van der Waals surface area contributed by atoms with Gasteiger partial charge in [0, 0.05) is 18.5 Å². The van der Waals surface area contributed by atoms with Gasteiger partial charge in [0.2, 0.25) is 0 Å². The molecule has 0 spiro atoms. The summed E-state index contributed by atoms with van der Waals surface area (Å²) in [6, 6.07) is 3.85. The summed E-state index contributed by atoms with van der Waals surface area (Å²) >= 11 is 0. The maximum absolute atomic E-state index is 10.1. The molecule has 0 amide bonds. The second kappa shape index (κ2) is 2.26. The Balaban J connectivity index is 2.98. The van der Waals surface area contributed by atoms with Crippen LogP contribution in [0.2, 0.25) is 0 Å². The molecule has 0 unspecified atom stereocenters. The van der Waals surface area contributed by atoms with Crippen LogP contribution in [0.25, 0.3) is 0 Å². The third kappa shape index (κ3) is 1.25. The molecule has 1 aromatic rings. The molecule has 1 radical (unpaired) electrons. The Morgan fingerprint density at radius 2 is 2.56 bits per heavy atom. The van der Waals surface area contributed by atoms with Crippen LogP contribution in [-0.4, -0.2) is 16.1 Å². The van der Waals surface area contributed by atoms with E-state index in [-0.39, 0.29) is 5.56 Å². The van der Waals surface area contributed by atoms with Gasteiger partial charge in [0.05, 0.1) is 5.56 Å². The van der Waals surface area contributed by atoms with E-state index in [2.05, 4.69) is 11.1 Å². The summed E-state index contributed by atoms with van der Waals surface area (Å²) in [6.45, 7) is 0. The van der Waals surface area contributed by atoms with Crippen molar-refractivity contribution in [1.29, 1.82) is 0 Å². The van der Waals surface area contributed by atoms with E-state index in [1.54, 1.807) is 0 Å². The van der Waals surface area contributed by atoms with Crippen LogP contribution in [0.4, 0.5) is 0 Å². The Kier molecular flexibility index (Phi) is 1.44. The topological polar surface area (TPSA) is 50.2 Å². The Bertz CT molecular complexity index is 208. The van der Waals surface area contributed by atoms with Gasteiger partial charge in [0.15, 0.2) is 0 Å². The van der Waals surface area contributed by atoms with Crippen LogP contribution in [0.1, 0.15) is 10.4 Å². The van der Waals surface area contributed by atoms with Crippen LogP contribution in [0.15, 0.2) is 18.5 Å². The van der Waals surface area contributed by atoms with Gasteiger partial charge >= 0.3 is 5.97 Å². The second-order valence-corrected chi connectivity index (χ2v) is 1.46. The molecule has 1 N–H and O–H groups in total. The molecule has 0 saturated carbocycles. The predicted molar refractivity (Wildman–Crippen MR) is 30.0 cm³/mol. The Labute approximate surface area is 52.0 Å². The van der Waals surface area contributed by atoms with Crippen molar-refractivity contribution in [3.63, 3.8) is 0 Å². The monoisotopic (exact) mass is 122 g/mol. The lowest BCUT2D eigenvalue weighted by molar-refractivity contribution is 0.0696. The number of carbonyl (C=O) groups is 1. The number of carboxylic acid groups (broad SMARTS) is 1. The molecule has 0 saturated heterocycles. The van der Waals surface area contributed by atoms with Gasteiger partial charge in [-0.1, -0.05) is 0 Å². The van der Waals surface area contributed by atoms with Crippen molar-refractivity contribution in [3.8, 4) is 0 Å². The maximum atomic E-state index is 10.1. The van der Waals surface area contributed by atoms with E-state index in [9.17, 15) is 4.79 Å². The number of rotatable bonds is 1. The first-order valence-electron chi connectivity index (χ1n) is 2.35. The number of aromatic carboxylic acids is 1. The maximum Gasteiger partial charge on any atom is 0.336 e. The van der Waals surface area contributed by atoms with Crippen molar-refractivity contribution in [3.05, 3.63) is 30.1 Å². The van der Waals surface area contributed by atoms with Crippen molar-refractivity contribution < 1.29 is 9.90 Å². The van der Waals surface area contributed by atoms with E-state index >= 15 is 0 Å². The molecule has 3 heteroatoms. The van der Waals surface area contributed by atoms with E-state index in [1.165, 1.54) is 18.5 Å². The smallest absolute Gasteiger partial charge is 0.336 e. The molecule has 0 fully saturated rings. The van der Waals surface area contributed by atoms with Crippen LogP contribution in [0.3, 0.4) is 0 Å². The molecule has 1 aromatic heterocycles. The third-order valence-electron chi connectivity index (χ3n) is 0.852. The quantitative estimate of drug-likeness (QED) is 0.592. The summed E-state index contributed by atoms with van der Waals surface area (Å²) in [6.07, 6.45) is 2.74. The lowest BCUT2D eigenvalue weighted by Crippen LogP contribution is -1.94. The standard InChI is InChI=1S/C6H4NO2/c8-6(9)5-1-3-7-4-2-5/h1,3-4H,(H,8,9). The molecular formula is C6H4NO2. The van der Waals surface area contributed by atoms with Crippen molar-refractivity contribution in [2.75, 3.05) is 0 Å². The SMILES string of the molecule is O=C(O)c1[c]cncc1. The number of hydrogen-bond donors (Lipinski definition) is 1. The fourth-order valence-corrected chi connectivity index (χ4v) is 0.449. The van der Waals surface area contributed by atoms with Gasteiger partial charge in [-0.05, 0) is 6.07 Å². The first kappa shape index (κ1) is 5.75. The molecule has 9 heavy (non-hydrogen) atoms. The largest absolute Gasteiger partial charge is 0.478 e. The van der Waals surface area contributed by atoms with Crippen molar-refractivity contribution in [2.45, 2.75) is 0 Å². The van der Waals surface area contributed by atoms with Crippen LogP contribution in [0, 0.1) is 6.07 Å². The second-order valence-electron chi connectivity index (χ2n) is 1.46. The summed E-state index contributed by atoms with van der Waals surface area (Å²) in [5.41, 5.74) is 0.144. The van der Waals surface area contributed by atoms with Gasteiger partial charge in [-0.15, -0.1) is 0 Å². The van der Waals surface area contributed by atoms with Gasteiger partial charge in [0.1, 0.15) is 0 Å². The number of hydrogen-bond acceptors (Lipinski definition) is 2. The molecule has 0 atom stereocenters. The van der Waals surface area contributed by atoms with Crippen molar-refractivity contribution >= 4 is 5.97 Å². The summed E-state index contributed by atoms with van der Waals surface area (Å²) in [5, 5.41) is 8.33. The van der Waals surface area contributed by atoms with E-state index in [0.717, 1.165) is 0 Å². The molecule has 0 aliphatic heterocycles. The van der Waals surface area contributed by atoms with E-state index in [4.69, 9.17) is 5.11 Å². The van der Waals surface area contributed by atoms with E-state index < -0.39 is 5.97 Å². The first-order valence-corrected chi connectivity index (χ1v) is 2.35. The van der Waals surface area contributed by atoms with Crippen LogP contribution in [-0.2, 0) is 0 Å². The predicted octanol–water partition coefficient (Wildman–Crippen LogP) is 0.580. The minimum absolute atomic E-state index is 0.144. The minimum Gasteiger partial charge on any atom is -0.478 e. The molecular weight excluding hydrogens is 118 g/mol. The highest BCUT2D eigenvalue weighted by Gasteiger charge is 1.97. The molecule has 0 bridgehead atoms. The number of aromatic nitrogens is 1. The summed E-state index contributed by atoms with van der Waals surface area (Å²) < 4.78 is 0. The molecule has 45 valence electrons. The zero-order valence-corrected chi connectivity index (χ0v) is 4.53. The average Bonchev–Trinajstić information content (AvgIpc) is 1.90. The number of pyridine rings is 1. The minimum atomic E-state index is -0.975. The Morgan fingerprint density at radius 1 is 1.78 bits per heavy atom. The average molecular weight is 122 g/mol. The summed E-state index contributed by atoms with van der Waals surface area (Å²) in [7, 11) is 0. The molecule has 0 aromatic carbocycles. The van der Waals surface area contributed by atoms with Crippen LogP contribution < -0.4 is 0 Å². The number of carboxylic acids is 1. The molecule has 0 aliphatic rings. The molecule has 1 rings (SSSR count). The van der Waals surface area contributed by atoms with Crippen LogP contribution >= 0.6 is 0 Å². The lowest BCUT2D eigenvalue weighted by Gasteiger charge is -1.86. The Morgan fingerprint density at radius 3 is 2.89 bits per heavy atom. The van der Waals surface area contributed by atoms with Gasteiger partial charge in [-0.25, -0.2) is 4.79 Å². The van der Waals surface area contributed by atoms with Crippen molar-refractivity contribution in [2.24, 2.45) is 0 Å².